The Bertz CT molecular complexity index is 432. The fourth-order valence-electron chi connectivity index (χ4n) is 1.73. The van der Waals surface area contributed by atoms with E-state index >= 15 is 0 Å². The molecule has 0 saturated carbocycles. The molecule has 0 aliphatic rings. The van der Waals surface area contributed by atoms with Crippen LogP contribution in [0.4, 0.5) is 0 Å². The molecule has 20 heavy (non-hydrogen) atoms. The van der Waals surface area contributed by atoms with Gasteiger partial charge < -0.3 is 9.64 Å². The largest absolute Gasteiger partial charge is 0.469 e. The molecule has 1 aromatic rings. The van der Waals surface area contributed by atoms with Crippen LogP contribution in [0.2, 0.25) is 0 Å². The summed E-state index contributed by atoms with van der Waals surface area (Å²) in [5, 5.41) is 0. The normalized spacial score (nSPS) is 10.4. The molecule has 0 saturated heterocycles. The maximum absolute atomic E-state index is 12.4. The number of hydrogen-bond acceptors (Lipinski definition) is 4. The number of pyridine rings is 1. The fraction of sp³-hybridized carbons (Fsp3) is 0.533. The number of hydrogen-bond donors (Lipinski definition) is 0. The molecule has 0 atom stereocenters. The first-order chi connectivity index (χ1) is 9.54. The Labute approximate surface area is 119 Å². The van der Waals surface area contributed by atoms with Crippen LogP contribution < -0.4 is 0 Å². The van der Waals surface area contributed by atoms with Crippen LogP contribution in [-0.2, 0) is 9.53 Å². The second-order valence-corrected chi connectivity index (χ2v) is 5.04. The maximum atomic E-state index is 12.4. The van der Waals surface area contributed by atoms with Crippen LogP contribution in [0.3, 0.4) is 0 Å². The summed E-state index contributed by atoms with van der Waals surface area (Å²) in [5.74, 6) is 0.125. The van der Waals surface area contributed by atoms with Crippen LogP contribution in [0.5, 0.6) is 0 Å². The van der Waals surface area contributed by atoms with Gasteiger partial charge in [-0.2, -0.15) is 0 Å². The van der Waals surface area contributed by atoms with Crippen LogP contribution in [0, 0.1) is 5.92 Å². The van der Waals surface area contributed by atoms with Crippen LogP contribution in [0.25, 0.3) is 0 Å². The van der Waals surface area contributed by atoms with Gasteiger partial charge in [0, 0.05) is 31.0 Å². The number of rotatable bonds is 7. The van der Waals surface area contributed by atoms with Crippen molar-refractivity contribution >= 4 is 11.9 Å². The molecule has 1 aromatic heterocycles. The molecule has 0 unspecified atom stereocenters. The van der Waals surface area contributed by atoms with E-state index in [4.69, 9.17) is 0 Å². The van der Waals surface area contributed by atoms with E-state index in [1.54, 1.807) is 29.4 Å². The van der Waals surface area contributed by atoms with Crippen molar-refractivity contribution in [2.24, 2.45) is 5.92 Å². The summed E-state index contributed by atoms with van der Waals surface area (Å²) in [5.41, 5.74) is 0.591. The zero-order chi connectivity index (χ0) is 15.0. The zero-order valence-electron chi connectivity index (χ0n) is 12.3. The van der Waals surface area contributed by atoms with Crippen molar-refractivity contribution in [3.8, 4) is 0 Å². The molecule has 0 bridgehead atoms. The molecule has 5 nitrogen and oxygen atoms in total. The van der Waals surface area contributed by atoms with Gasteiger partial charge in [0.25, 0.3) is 5.91 Å². The number of aromatic nitrogens is 1. The molecular formula is C15H22N2O3. The highest BCUT2D eigenvalue weighted by Crippen LogP contribution is 2.08. The molecule has 1 rings (SSSR count). The minimum absolute atomic E-state index is 0.0723. The Morgan fingerprint density at radius 1 is 1.25 bits per heavy atom. The summed E-state index contributed by atoms with van der Waals surface area (Å²) in [6.07, 6.45) is 4.30. The summed E-state index contributed by atoms with van der Waals surface area (Å²) in [6.45, 7) is 5.22. The molecular weight excluding hydrogens is 256 g/mol. The van der Waals surface area contributed by atoms with Gasteiger partial charge in [0.15, 0.2) is 0 Å². The molecule has 0 aliphatic carbocycles. The van der Waals surface area contributed by atoms with Crippen molar-refractivity contribution in [3.05, 3.63) is 30.1 Å². The Hall–Kier alpha value is -1.91. The van der Waals surface area contributed by atoms with Crippen LogP contribution in [-0.4, -0.2) is 42.0 Å². The maximum Gasteiger partial charge on any atom is 0.307 e. The van der Waals surface area contributed by atoms with Gasteiger partial charge in [0.1, 0.15) is 0 Å². The first-order valence-corrected chi connectivity index (χ1v) is 6.80. The first kappa shape index (κ1) is 16.1. The van der Waals surface area contributed by atoms with Gasteiger partial charge in [0.2, 0.25) is 0 Å². The van der Waals surface area contributed by atoms with E-state index in [0.29, 0.717) is 24.6 Å². The average molecular weight is 278 g/mol. The highest BCUT2D eigenvalue weighted by atomic mass is 16.5. The van der Waals surface area contributed by atoms with Crippen LogP contribution in [0.15, 0.2) is 24.5 Å². The predicted molar refractivity (Wildman–Crippen MR) is 76.2 cm³/mol. The third-order valence-electron chi connectivity index (χ3n) is 3.00. The molecule has 5 heteroatoms. The van der Waals surface area contributed by atoms with Gasteiger partial charge in [-0.15, -0.1) is 0 Å². The highest BCUT2D eigenvalue weighted by molar-refractivity contribution is 5.94. The molecule has 0 aromatic carbocycles. The molecule has 0 spiro atoms. The van der Waals surface area contributed by atoms with Crippen molar-refractivity contribution in [3.63, 3.8) is 0 Å². The van der Waals surface area contributed by atoms with Gasteiger partial charge in [-0.25, -0.2) is 0 Å². The van der Waals surface area contributed by atoms with Crippen molar-refractivity contribution in [1.29, 1.82) is 0 Å². The van der Waals surface area contributed by atoms with E-state index < -0.39 is 0 Å². The second kappa shape index (κ2) is 8.30. The van der Waals surface area contributed by atoms with Gasteiger partial charge in [-0.05, 0) is 24.5 Å². The van der Waals surface area contributed by atoms with E-state index in [9.17, 15) is 9.59 Å². The Kier molecular flexibility index (Phi) is 6.70. The molecule has 0 N–H and O–H groups in total. The summed E-state index contributed by atoms with van der Waals surface area (Å²) in [4.78, 5) is 29.3. The van der Waals surface area contributed by atoms with Crippen molar-refractivity contribution in [2.75, 3.05) is 20.2 Å². The number of esters is 1. The number of ether oxygens (including phenoxy) is 1. The van der Waals surface area contributed by atoms with Gasteiger partial charge in [-0.3, -0.25) is 14.6 Å². The van der Waals surface area contributed by atoms with Crippen LogP contribution >= 0.6 is 0 Å². The Morgan fingerprint density at radius 3 is 2.45 bits per heavy atom. The minimum Gasteiger partial charge on any atom is -0.469 e. The van der Waals surface area contributed by atoms with E-state index in [-0.39, 0.29) is 18.3 Å². The summed E-state index contributed by atoms with van der Waals surface area (Å²) >= 11 is 0. The molecule has 1 amide bonds. The fourth-order valence-corrected chi connectivity index (χ4v) is 1.73. The lowest BCUT2D eigenvalue weighted by atomic mass is 10.1. The quantitative estimate of drug-likeness (QED) is 0.717. The van der Waals surface area contributed by atoms with E-state index in [0.717, 1.165) is 6.42 Å². The minimum atomic E-state index is -0.304. The smallest absolute Gasteiger partial charge is 0.307 e. The highest BCUT2D eigenvalue weighted by Gasteiger charge is 2.17. The summed E-state index contributed by atoms with van der Waals surface area (Å²) in [6, 6.07) is 3.37. The van der Waals surface area contributed by atoms with Crippen molar-refractivity contribution < 1.29 is 14.3 Å². The topological polar surface area (TPSA) is 59.5 Å². The number of carbonyl (C=O) groups is 2. The number of methoxy groups -OCH3 is 1. The third kappa shape index (κ3) is 5.38. The van der Waals surface area contributed by atoms with Gasteiger partial charge in [0.05, 0.1) is 13.5 Å². The number of amides is 1. The van der Waals surface area contributed by atoms with Gasteiger partial charge >= 0.3 is 5.97 Å². The standard InChI is InChI=1S/C15H22N2O3/c1-12(2)6-10-17(11-7-14(18)20-3)15(19)13-4-8-16-9-5-13/h4-5,8-9,12H,6-7,10-11H2,1-3H3. The first-order valence-electron chi connectivity index (χ1n) is 6.80. The van der Waals surface area contributed by atoms with E-state index in [2.05, 4.69) is 23.6 Å². The average Bonchev–Trinajstić information content (AvgIpc) is 2.47. The predicted octanol–water partition coefficient (Wildman–Crippen LogP) is 2.13. The lowest BCUT2D eigenvalue weighted by Crippen LogP contribution is -2.34. The summed E-state index contributed by atoms with van der Waals surface area (Å²) in [7, 11) is 1.35. The lowest BCUT2D eigenvalue weighted by molar-refractivity contribution is -0.140. The lowest BCUT2D eigenvalue weighted by Gasteiger charge is -2.23. The second-order valence-electron chi connectivity index (χ2n) is 5.04. The van der Waals surface area contributed by atoms with E-state index in [1.165, 1.54) is 7.11 Å². The SMILES string of the molecule is COC(=O)CCN(CCC(C)C)C(=O)c1ccncc1. The Morgan fingerprint density at radius 2 is 1.90 bits per heavy atom. The molecule has 110 valence electrons. The molecule has 0 radical (unpaired) electrons. The van der Waals surface area contributed by atoms with Crippen molar-refractivity contribution in [1.82, 2.24) is 9.88 Å². The monoisotopic (exact) mass is 278 g/mol. The van der Waals surface area contributed by atoms with Crippen LogP contribution in [0.1, 0.15) is 37.0 Å². The zero-order valence-corrected chi connectivity index (χ0v) is 12.3. The molecule has 0 fully saturated rings. The number of nitrogens with zero attached hydrogens (tertiary/aromatic N) is 2. The Balaban J connectivity index is 2.70. The third-order valence-corrected chi connectivity index (χ3v) is 3.00. The van der Waals surface area contributed by atoms with Gasteiger partial charge in [-0.1, -0.05) is 13.8 Å². The van der Waals surface area contributed by atoms with Crippen molar-refractivity contribution in [2.45, 2.75) is 26.7 Å². The summed E-state index contributed by atoms with van der Waals surface area (Å²) < 4.78 is 4.62. The van der Waals surface area contributed by atoms with E-state index in [1.807, 2.05) is 0 Å². The number of carbonyl (C=O) groups excluding carboxylic acids is 2. The molecule has 1 heterocycles. The molecule has 0 aliphatic heterocycles.